The lowest BCUT2D eigenvalue weighted by molar-refractivity contribution is 0.218. The van der Waals surface area contributed by atoms with Crippen molar-refractivity contribution in [2.24, 2.45) is 0 Å². The van der Waals surface area contributed by atoms with Gasteiger partial charge in [-0.15, -0.1) is 0 Å². The van der Waals surface area contributed by atoms with Crippen molar-refractivity contribution in [1.82, 2.24) is 0 Å². The molecule has 0 saturated carbocycles. The quantitative estimate of drug-likeness (QED) is 0.763. The molecule has 0 radical (unpaired) electrons. The van der Waals surface area contributed by atoms with Crippen molar-refractivity contribution in [1.29, 1.82) is 0 Å². The van der Waals surface area contributed by atoms with E-state index in [1.807, 2.05) is 26.0 Å². The van der Waals surface area contributed by atoms with Crippen LogP contribution in [0.3, 0.4) is 0 Å². The minimum Gasteiger partial charge on any atom is -0.494 e. The average molecular weight is 225 g/mol. The fourth-order valence-electron chi connectivity index (χ4n) is 1.42. The Morgan fingerprint density at radius 2 is 1.62 bits per heavy atom. The van der Waals surface area contributed by atoms with E-state index < -0.39 is 0 Å². The molecule has 3 N–H and O–H groups in total. The van der Waals surface area contributed by atoms with E-state index in [2.05, 4.69) is 0 Å². The predicted molar refractivity (Wildman–Crippen MR) is 64.1 cm³/mol. The summed E-state index contributed by atoms with van der Waals surface area (Å²) in [7, 11) is 3.11. The Morgan fingerprint density at radius 3 is 1.94 bits per heavy atom. The van der Waals surface area contributed by atoms with Crippen LogP contribution in [0.4, 0.5) is 5.69 Å². The van der Waals surface area contributed by atoms with Crippen LogP contribution >= 0.6 is 0 Å². The molecule has 4 heteroatoms. The molecule has 0 saturated heterocycles. The van der Waals surface area contributed by atoms with Gasteiger partial charge in [0.15, 0.2) is 0 Å². The maximum Gasteiger partial charge on any atom is 0.145 e. The molecular weight excluding hydrogens is 206 g/mol. The summed E-state index contributed by atoms with van der Waals surface area (Å²) in [6.45, 7) is 3.93. The van der Waals surface area contributed by atoms with Gasteiger partial charge in [-0.3, -0.25) is 0 Å². The fourth-order valence-corrected chi connectivity index (χ4v) is 1.42. The second kappa shape index (κ2) is 4.61. The van der Waals surface area contributed by atoms with E-state index >= 15 is 0 Å². The maximum absolute atomic E-state index is 9.33. The first kappa shape index (κ1) is 12.6. The number of hydrogen-bond acceptors (Lipinski definition) is 4. The maximum atomic E-state index is 9.33. The Kier molecular flexibility index (Phi) is 3.65. The van der Waals surface area contributed by atoms with Gasteiger partial charge in [-0.25, -0.2) is 0 Å². The third kappa shape index (κ3) is 2.22. The molecule has 1 aromatic rings. The predicted octanol–water partition coefficient (Wildman–Crippen LogP) is 1.56. The third-order valence-electron chi connectivity index (χ3n) is 2.72. The number of nitrogen functional groups attached to an aromatic ring is 1. The van der Waals surface area contributed by atoms with Crippen molar-refractivity contribution < 1.29 is 14.6 Å². The first-order valence-electron chi connectivity index (χ1n) is 5.09. The highest BCUT2D eigenvalue weighted by Gasteiger charge is 2.22. The Bertz CT molecular complexity index is 350. The van der Waals surface area contributed by atoms with E-state index in [1.165, 1.54) is 0 Å². The van der Waals surface area contributed by atoms with E-state index in [9.17, 15) is 5.11 Å². The van der Waals surface area contributed by atoms with Crippen LogP contribution in [0.25, 0.3) is 0 Å². The molecule has 90 valence electrons. The average Bonchev–Trinajstić information content (AvgIpc) is 2.29. The first-order chi connectivity index (χ1) is 7.46. The minimum atomic E-state index is -0.353. The second-order valence-electron chi connectivity index (χ2n) is 4.34. The summed E-state index contributed by atoms with van der Waals surface area (Å²) in [5, 5.41) is 9.33. The first-order valence-corrected chi connectivity index (χ1v) is 5.09. The Labute approximate surface area is 96.0 Å². The molecule has 0 aliphatic heterocycles. The number of methoxy groups -OCH3 is 2. The van der Waals surface area contributed by atoms with Crippen LogP contribution in [0.15, 0.2) is 12.1 Å². The van der Waals surface area contributed by atoms with Gasteiger partial charge in [-0.05, 0) is 17.7 Å². The number of aliphatic hydroxyl groups excluding tert-OH is 1. The highest BCUT2D eigenvalue weighted by molar-refractivity contribution is 5.65. The van der Waals surface area contributed by atoms with Crippen LogP contribution < -0.4 is 15.2 Å². The number of benzene rings is 1. The molecule has 4 nitrogen and oxygen atoms in total. The number of rotatable bonds is 4. The molecule has 0 aromatic heterocycles. The van der Waals surface area contributed by atoms with E-state index in [0.717, 1.165) is 5.56 Å². The molecule has 16 heavy (non-hydrogen) atoms. The molecule has 0 fully saturated rings. The number of hydrogen-bond donors (Lipinski definition) is 2. The lowest BCUT2D eigenvalue weighted by Gasteiger charge is -2.24. The number of aliphatic hydroxyl groups is 1. The van der Waals surface area contributed by atoms with Crippen LogP contribution in [-0.4, -0.2) is 25.9 Å². The lowest BCUT2D eigenvalue weighted by Crippen LogP contribution is -2.22. The molecule has 0 atom stereocenters. The molecule has 1 aromatic carbocycles. The van der Waals surface area contributed by atoms with Gasteiger partial charge in [0.05, 0.1) is 20.8 Å². The topological polar surface area (TPSA) is 64.7 Å². The molecule has 0 aliphatic rings. The summed E-state index contributed by atoms with van der Waals surface area (Å²) < 4.78 is 10.4. The van der Waals surface area contributed by atoms with Gasteiger partial charge in [0.25, 0.3) is 0 Å². The standard InChI is InChI=1S/C12H19NO3/c1-12(2,7-14)8-5-9(15-3)11(13)10(6-8)16-4/h5-6,14H,7,13H2,1-4H3. The van der Waals surface area contributed by atoms with Gasteiger partial charge in [0.2, 0.25) is 0 Å². The monoisotopic (exact) mass is 225 g/mol. The van der Waals surface area contributed by atoms with Crippen LogP contribution in [0.2, 0.25) is 0 Å². The minimum absolute atomic E-state index is 0.0449. The summed E-state index contributed by atoms with van der Waals surface area (Å²) >= 11 is 0. The highest BCUT2D eigenvalue weighted by Crippen LogP contribution is 2.37. The molecule has 1 rings (SSSR count). The van der Waals surface area contributed by atoms with E-state index in [0.29, 0.717) is 17.2 Å². The Balaban J connectivity index is 3.32. The highest BCUT2D eigenvalue weighted by atomic mass is 16.5. The van der Waals surface area contributed by atoms with Gasteiger partial charge < -0.3 is 20.3 Å². The van der Waals surface area contributed by atoms with Crippen molar-refractivity contribution in [3.05, 3.63) is 17.7 Å². The van der Waals surface area contributed by atoms with Crippen molar-refractivity contribution in [2.45, 2.75) is 19.3 Å². The van der Waals surface area contributed by atoms with Gasteiger partial charge in [-0.1, -0.05) is 13.8 Å². The van der Waals surface area contributed by atoms with E-state index in [4.69, 9.17) is 15.2 Å². The molecule has 0 spiro atoms. The number of anilines is 1. The summed E-state index contributed by atoms with van der Waals surface area (Å²) in [5.41, 5.74) is 6.90. The van der Waals surface area contributed by atoms with Crippen molar-refractivity contribution in [3.63, 3.8) is 0 Å². The van der Waals surface area contributed by atoms with Gasteiger partial charge in [-0.2, -0.15) is 0 Å². The number of nitrogens with two attached hydrogens (primary N) is 1. The second-order valence-corrected chi connectivity index (χ2v) is 4.34. The van der Waals surface area contributed by atoms with Crippen molar-refractivity contribution in [3.8, 4) is 11.5 Å². The normalized spacial score (nSPS) is 11.3. The zero-order chi connectivity index (χ0) is 12.3. The van der Waals surface area contributed by atoms with E-state index in [-0.39, 0.29) is 12.0 Å². The third-order valence-corrected chi connectivity index (χ3v) is 2.72. The molecule has 0 bridgehead atoms. The van der Waals surface area contributed by atoms with Crippen molar-refractivity contribution in [2.75, 3.05) is 26.6 Å². The molecule has 0 amide bonds. The zero-order valence-electron chi connectivity index (χ0n) is 10.2. The van der Waals surface area contributed by atoms with E-state index in [1.54, 1.807) is 14.2 Å². The zero-order valence-corrected chi connectivity index (χ0v) is 10.2. The summed E-state index contributed by atoms with van der Waals surface area (Å²) in [6, 6.07) is 3.65. The van der Waals surface area contributed by atoms with Crippen molar-refractivity contribution >= 4 is 5.69 Å². The summed E-state index contributed by atoms with van der Waals surface area (Å²) in [5.74, 6) is 1.13. The van der Waals surface area contributed by atoms with Gasteiger partial charge in [0.1, 0.15) is 17.2 Å². The van der Waals surface area contributed by atoms with Gasteiger partial charge >= 0.3 is 0 Å². The molecule has 0 aliphatic carbocycles. The molecular formula is C12H19NO3. The van der Waals surface area contributed by atoms with Crippen LogP contribution in [0, 0.1) is 0 Å². The SMILES string of the molecule is COc1cc(C(C)(C)CO)cc(OC)c1N. The Hall–Kier alpha value is -1.42. The fraction of sp³-hybridized carbons (Fsp3) is 0.500. The van der Waals surface area contributed by atoms with Crippen LogP contribution in [0.1, 0.15) is 19.4 Å². The smallest absolute Gasteiger partial charge is 0.145 e. The molecule has 0 unspecified atom stereocenters. The van der Waals surface area contributed by atoms with Gasteiger partial charge in [0, 0.05) is 5.41 Å². The summed E-state index contributed by atoms with van der Waals surface area (Å²) in [6.07, 6.45) is 0. The largest absolute Gasteiger partial charge is 0.494 e. The Morgan fingerprint density at radius 1 is 1.19 bits per heavy atom. The summed E-state index contributed by atoms with van der Waals surface area (Å²) in [4.78, 5) is 0. The van der Waals surface area contributed by atoms with Crippen LogP contribution in [0.5, 0.6) is 11.5 Å². The van der Waals surface area contributed by atoms with Crippen LogP contribution in [-0.2, 0) is 5.41 Å². The molecule has 0 heterocycles. The lowest BCUT2D eigenvalue weighted by atomic mass is 9.85. The number of ether oxygens (including phenoxy) is 2.